The first-order chi connectivity index (χ1) is 11.2. The maximum absolute atomic E-state index is 11.7. The predicted molar refractivity (Wildman–Crippen MR) is 93.0 cm³/mol. The molecule has 1 aromatic carbocycles. The van der Waals surface area contributed by atoms with Crippen molar-refractivity contribution in [3.8, 4) is 5.75 Å². The zero-order valence-corrected chi connectivity index (χ0v) is 14.2. The average molecular weight is 316 g/mol. The number of ether oxygens (including phenoxy) is 1. The first kappa shape index (κ1) is 16.3. The predicted octanol–water partition coefficient (Wildman–Crippen LogP) is 3.46. The Labute approximate surface area is 139 Å². The van der Waals surface area contributed by atoms with Gasteiger partial charge in [0, 0.05) is 31.2 Å². The largest absolute Gasteiger partial charge is 0.494 e. The van der Waals surface area contributed by atoms with Crippen molar-refractivity contribution >= 4 is 11.6 Å². The second kappa shape index (κ2) is 7.82. The van der Waals surface area contributed by atoms with Crippen LogP contribution in [0.5, 0.6) is 5.75 Å². The Bertz CT molecular complexity index is 515. The molecule has 2 aliphatic heterocycles. The molecule has 1 aromatic rings. The van der Waals surface area contributed by atoms with Crippen LogP contribution in [0, 0.1) is 0 Å². The van der Waals surface area contributed by atoms with Crippen molar-refractivity contribution < 1.29 is 9.53 Å². The second-order valence-electron chi connectivity index (χ2n) is 6.73. The number of carbonyl (C=O) groups is 1. The van der Waals surface area contributed by atoms with E-state index in [1.807, 2.05) is 29.2 Å². The molecule has 0 N–H and O–H groups in total. The molecule has 126 valence electrons. The zero-order chi connectivity index (χ0) is 16.1. The van der Waals surface area contributed by atoms with E-state index < -0.39 is 0 Å². The minimum absolute atomic E-state index is 0.231. The van der Waals surface area contributed by atoms with Crippen LogP contribution in [0.25, 0.3) is 0 Å². The van der Waals surface area contributed by atoms with E-state index in [0.717, 1.165) is 50.0 Å². The Balaban J connectivity index is 1.41. The summed E-state index contributed by atoms with van der Waals surface area (Å²) in [5, 5.41) is 0. The third-order valence-electron chi connectivity index (χ3n) is 5.02. The lowest BCUT2D eigenvalue weighted by Crippen LogP contribution is -2.38. The van der Waals surface area contributed by atoms with E-state index in [9.17, 15) is 4.79 Å². The SMILES string of the molecule is C[C@H]1CCCCN1CCCOc1ccc(N2CCCC2=O)cc1. The highest BCUT2D eigenvalue weighted by Crippen LogP contribution is 2.24. The molecule has 0 bridgehead atoms. The van der Waals surface area contributed by atoms with E-state index in [2.05, 4.69) is 11.8 Å². The molecule has 23 heavy (non-hydrogen) atoms. The topological polar surface area (TPSA) is 32.8 Å². The first-order valence-electron chi connectivity index (χ1n) is 9.01. The third-order valence-corrected chi connectivity index (χ3v) is 5.02. The molecule has 2 aliphatic rings. The van der Waals surface area contributed by atoms with Crippen LogP contribution in [-0.2, 0) is 4.79 Å². The number of likely N-dealkylation sites (tertiary alicyclic amines) is 1. The molecule has 2 fully saturated rings. The third kappa shape index (κ3) is 4.25. The summed E-state index contributed by atoms with van der Waals surface area (Å²) < 4.78 is 5.85. The Hall–Kier alpha value is -1.55. The summed E-state index contributed by atoms with van der Waals surface area (Å²) in [6.45, 7) is 6.29. The highest BCUT2D eigenvalue weighted by molar-refractivity contribution is 5.95. The van der Waals surface area contributed by atoms with E-state index >= 15 is 0 Å². The monoisotopic (exact) mass is 316 g/mol. The van der Waals surface area contributed by atoms with Gasteiger partial charge >= 0.3 is 0 Å². The molecule has 4 heteroatoms. The smallest absolute Gasteiger partial charge is 0.227 e. The van der Waals surface area contributed by atoms with Crippen molar-refractivity contribution in [3.63, 3.8) is 0 Å². The minimum Gasteiger partial charge on any atom is -0.494 e. The quantitative estimate of drug-likeness (QED) is 0.754. The van der Waals surface area contributed by atoms with E-state index in [1.54, 1.807) is 0 Å². The standard InChI is InChI=1S/C19H28N2O2/c1-16-6-2-3-12-20(16)13-5-15-23-18-10-8-17(9-11-18)21-14-4-7-19(21)22/h8-11,16H,2-7,12-15H2,1H3/t16-/m0/s1. The van der Waals surface area contributed by atoms with Gasteiger partial charge < -0.3 is 14.5 Å². The molecule has 3 rings (SSSR count). The van der Waals surface area contributed by atoms with Crippen LogP contribution in [0.2, 0.25) is 0 Å². The van der Waals surface area contributed by atoms with Gasteiger partial charge in [0.05, 0.1) is 6.61 Å². The second-order valence-corrected chi connectivity index (χ2v) is 6.73. The number of rotatable bonds is 6. The number of anilines is 1. The van der Waals surface area contributed by atoms with E-state index in [-0.39, 0.29) is 5.91 Å². The molecule has 4 nitrogen and oxygen atoms in total. The summed E-state index contributed by atoms with van der Waals surface area (Å²) in [5.41, 5.74) is 0.988. The average Bonchev–Trinajstić information content (AvgIpc) is 3.00. The summed E-state index contributed by atoms with van der Waals surface area (Å²) in [6, 6.07) is 8.66. The highest BCUT2D eigenvalue weighted by Gasteiger charge is 2.21. The van der Waals surface area contributed by atoms with Gasteiger partial charge in [-0.1, -0.05) is 6.42 Å². The van der Waals surface area contributed by atoms with Crippen molar-refractivity contribution in [2.24, 2.45) is 0 Å². The lowest BCUT2D eigenvalue weighted by atomic mass is 10.0. The lowest BCUT2D eigenvalue weighted by molar-refractivity contribution is -0.117. The van der Waals surface area contributed by atoms with Gasteiger partial charge in [0.1, 0.15) is 5.75 Å². The number of benzene rings is 1. The summed E-state index contributed by atoms with van der Waals surface area (Å²) in [5.74, 6) is 1.13. The van der Waals surface area contributed by atoms with E-state index in [4.69, 9.17) is 4.74 Å². The van der Waals surface area contributed by atoms with Crippen LogP contribution in [0.1, 0.15) is 45.4 Å². The molecule has 0 spiro atoms. The normalized spacial score (nSPS) is 22.6. The fraction of sp³-hybridized carbons (Fsp3) is 0.632. The maximum atomic E-state index is 11.7. The van der Waals surface area contributed by atoms with Crippen molar-refractivity contribution in [3.05, 3.63) is 24.3 Å². The highest BCUT2D eigenvalue weighted by atomic mass is 16.5. The first-order valence-corrected chi connectivity index (χ1v) is 9.01. The van der Waals surface area contributed by atoms with Crippen LogP contribution in [0.15, 0.2) is 24.3 Å². The van der Waals surface area contributed by atoms with Crippen molar-refractivity contribution in [1.29, 1.82) is 0 Å². The Kier molecular flexibility index (Phi) is 5.55. The van der Waals surface area contributed by atoms with Crippen molar-refractivity contribution in [1.82, 2.24) is 4.90 Å². The summed E-state index contributed by atoms with van der Waals surface area (Å²) in [6.07, 6.45) is 6.75. The van der Waals surface area contributed by atoms with Gasteiger partial charge in [-0.25, -0.2) is 0 Å². The maximum Gasteiger partial charge on any atom is 0.227 e. The van der Waals surface area contributed by atoms with Crippen molar-refractivity contribution in [2.45, 2.75) is 51.5 Å². The lowest BCUT2D eigenvalue weighted by Gasteiger charge is -2.33. The molecule has 0 saturated carbocycles. The fourth-order valence-corrected chi connectivity index (χ4v) is 3.59. The zero-order valence-electron chi connectivity index (χ0n) is 14.2. The summed E-state index contributed by atoms with van der Waals surface area (Å²) in [7, 11) is 0. The molecule has 0 aliphatic carbocycles. The fourth-order valence-electron chi connectivity index (χ4n) is 3.59. The molecule has 0 aromatic heterocycles. The van der Waals surface area contributed by atoms with E-state index in [0.29, 0.717) is 6.42 Å². The van der Waals surface area contributed by atoms with Crippen LogP contribution in [0.4, 0.5) is 5.69 Å². The number of amides is 1. The Morgan fingerprint density at radius 3 is 2.65 bits per heavy atom. The van der Waals surface area contributed by atoms with Gasteiger partial charge in [0.2, 0.25) is 5.91 Å². The number of hydrogen-bond acceptors (Lipinski definition) is 3. The summed E-state index contributed by atoms with van der Waals surface area (Å²) >= 11 is 0. The molecular weight excluding hydrogens is 288 g/mol. The molecule has 0 unspecified atom stereocenters. The molecule has 2 heterocycles. The van der Waals surface area contributed by atoms with Crippen LogP contribution >= 0.6 is 0 Å². The number of nitrogens with zero attached hydrogens (tertiary/aromatic N) is 2. The molecule has 1 atom stereocenters. The summed E-state index contributed by atoms with van der Waals surface area (Å²) in [4.78, 5) is 16.2. The van der Waals surface area contributed by atoms with Crippen LogP contribution in [0.3, 0.4) is 0 Å². The van der Waals surface area contributed by atoms with Crippen LogP contribution < -0.4 is 9.64 Å². The number of hydrogen-bond donors (Lipinski definition) is 0. The number of carbonyl (C=O) groups excluding carboxylic acids is 1. The van der Waals surface area contributed by atoms with Gasteiger partial charge in [0.25, 0.3) is 0 Å². The molecule has 1 amide bonds. The van der Waals surface area contributed by atoms with Gasteiger partial charge in [-0.3, -0.25) is 4.79 Å². The molecule has 2 saturated heterocycles. The van der Waals surface area contributed by atoms with E-state index in [1.165, 1.54) is 25.8 Å². The van der Waals surface area contributed by atoms with Gasteiger partial charge in [-0.2, -0.15) is 0 Å². The number of piperidine rings is 1. The van der Waals surface area contributed by atoms with Gasteiger partial charge in [0.15, 0.2) is 0 Å². The van der Waals surface area contributed by atoms with Crippen molar-refractivity contribution in [2.75, 3.05) is 31.1 Å². The molecule has 0 radical (unpaired) electrons. The van der Waals surface area contributed by atoms with Crippen LogP contribution in [-0.4, -0.2) is 43.1 Å². The van der Waals surface area contributed by atoms with Gasteiger partial charge in [-0.05, 0) is 63.4 Å². The minimum atomic E-state index is 0.231. The Morgan fingerprint density at radius 1 is 1.13 bits per heavy atom. The molecular formula is C19H28N2O2. The Morgan fingerprint density at radius 2 is 1.96 bits per heavy atom. The van der Waals surface area contributed by atoms with Gasteiger partial charge in [-0.15, -0.1) is 0 Å².